The third-order valence-corrected chi connectivity index (χ3v) is 9.76. The van der Waals surface area contributed by atoms with Crippen LogP contribution in [0.25, 0.3) is 11.1 Å². The summed E-state index contributed by atoms with van der Waals surface area (Å²) < 4.78 is 24.8. The van der Waals surface area contributed by atoms with Gasteiger partial charge in [0.05, 0.1) is 30.6 Å². The fourth-order valence-corrected chi connectivity index (χ4v) is 7.23. The highest BCUT2D eigenvalue weighted by Gasteiger charge is 2.52. The van der Waals surface area contributed by atoms with Crippen LogP contribution in [0.15, 0.2) is 35.5 Å². The van der Waals surface area contributed by atoms with Crippen molar-refractivity contribution in [3.05, 3.63) is 52.3 Å². The molecule has 3 aliphatic heterocycles. The average molecular weight is 584 g/mol. The van der Waals surface area contributed by atoms with Crippen molar-refractivity contribution in [3.63, 3.8) is 0 Å². The number of hydrogen-bond acceptors (Lipinski definition) is 7. The molecule has 1 aliphatic carbocycles. The molecule has 3 fully saturated rings. The molecular formula is C32H39ClFN3O4. The summed E-state index contributed by atoms with van der Waals surface area (Å²) in [6.07, 6.45) is 5.38. The lowest BCUT2D eigenvalue weighted by molar-refractivity contribution is -0.158. The minimum atomic E-state index is -0.386. The lowest BCUT2D eigenvalue weighted by atomic mass is 9.76. The summed E-state index contributed by atoms with van der Waals surface area (Å²) in [5, 5.41) is 5.09. The summed E-state index contributed by atoms with van der Waals surface area (Å²) in [4.78, 5) is 23.3. The average Bonchev–Trinajstić information content (AvgIpc) is 3.72. The van der Waals surface area contributed by atoms with Crippen LogP contribution >= 0.6 is 11.6 Å². The van der Waals surface area contributed by atoms with E-state index in [9.17, 15) is 9.18 Å². The van der Waals surface area contributed by atoms with Gasteiger partial charge in [0.25, 0.3) is 0 Å². The summed E-state index contributed by atoms with van der Waals surface area (Å²) in [6, 6.07) is 8.77. The Bertz CT molecular complexity index is 1330. The second kappa shape index (κ2) is 11.1. The van der Waals surface area contributed by atoms with Gasteiger partial charge in [-0.3, -0.25) is 9.69 Å². The Hall–Kier alpha value is -2.84. The van der Waals surface area contributed by atoms with Crippen molar-refractivity contribution >= 4 is 23.4 Å². The Labute approximate surface area is 246 Å². The maximum absolute atomic E-state index is 13.6. The van der Waals surface area contributed by atoms with Crippen LogP contribution in [0.5, 0.6) is 5.75 Å². The fraction of sp³-hybridized carbons (Fsp3) is 0.562. The van der Waals surface area contributed by atoms with Crippen LogP contribution in [0.1, 0.15) is 69.4 Å². The van der Waals surface area contributed by atoms with E-state index in [4.69, 9.17) is 25.9 Å². The highest BCUT2D eigenvalue weighted by atomic mass is 35.5. The zero-order valence-corrected chi connectivity index (χ0v) is 24.9. The first kappa shape index (κ1) is 28.3. The van der Waals surface area contributed by atoms with Gasteiger partial charge in [0.1, 0.15) is 17.4 Å². The van der Waals surface area contributed by atoms with Gasteiger partial charge in [-0.05, 0) is 74.3 Å². The van der Waals surface area contributed by atoms with E-state index in [1.54, 1.807) is 19.2 Å². The molecule has 0 amide bonds. The number of piperidine rings is 1. The number of rotatable bonds is 8. The number of carbonyl (C=O) groups excluding carboxylic acids is 1. The first-order valence-corrected chi connectivity index (χ1v) is 15.2. The van der Waals surface area contributed by atoms with Gasteiger partial charge in [-0.1, -0.05) is 35.8 Å². The minimum absolute atomic E-state index is 0.0658. The molecule has 9 heteroatoms. The lowest BCUT2D eigenvalue weighted by Crippen LogP contribution is -2.61. The van der Waals surface area contributed by atoms with Crippen LogP contribution in [-0.4, -0.2) is 67.1 Å². The molecule has 0 atom stereocenters. The number of hydrogen-bond donors (Lipinski definition) is 0. The molecule has 6 rings (SSSR count). The summed E-state index contributed by atoms with van der Waals surface area (Å²) in [5.41, 5.74) is 3.44. The molecule has 7 nitrogen and oxygen atoms in total. The topological polar surface area (TPSA) is 63.6 Å². The van der Waals surface area contributed by atoms with Crippen molar-refractivity contribution in [1.82, 2.24) is 9.80 Å². The van der Waals surface area contributed by atoms with E-state index in [2.05, 4.69) is 27.9 Å². The van der Waals surface area contributed by atoms with E-state index >= 15 is 0 Å². The standard InChI is InChI=1S/C32H39ClFN3O4/c1-4-31(30(38)40-5-2)12-14-37(15-13-31)26-17-32(41-35-26)19-36(20-32)18-23-16-25(21-6-7-21)27(28(33)29(23)39-3)22-8-10-24(34)11-9-22/h8-11,16,21H,4-7,12-15,17-20H2,1-3H3. The minimum Gasteiger partial charge on any atom is -0.495 e. The van der Waals surface area contributed by atoms with Crippen molar-refractivity contribution in [3.8, 4) is 16.9 Å². The van der Waals surface area contributed by atoms with Crippen molar-refractivity contribution in [2.24, 2.45) is 10.6 Å². The van der Waals surface area contributed by atoms with Crippen LogP contribution in [0.4, 0.5) is 4.39 Å². The van der Waals surface area contributed by atoms with Gasteiger partial charge in [-0.15, -0.1) is 0 Å². The van der Waals surface area contributed by atoms with Gasteiger partial charge < -0.3 is 19.2 Å². The molecule has 0 N–H and O–H groups in total. The second-order valence-corrected chi connectivity index (χ2v) is 12.5. The Morgan fingerprint density at radius 2 is 1.88 bits per heavy atom. The number of halogens is 2. The van der Waals surface area contributed by atoms with Gasteiger partial charge in [0.15, 0.2) is 5.60 Å². The quantitative estimate of drug-likeness (QED) is 0.336. The number of methoxy groups -OCH3 is 1. The van der Waals surface area contributed by atoms with E-state index in [1.807, 2.05) is 6.92 Å². The fourth-order valence-electron chi connectivity index (χ4n) is 6.81. The predicted octanol–water partition coefficient (Wildman–Crippen LogP) is 6.38. The van der Waals surface area contributed by atoms with E-state index in [-0.39, 0.29) is 22.8 Å². The molecule has 220 valence electrons. The van der Waals surface area contributed by atoms with E-state index in [0.717, 1.165) is 87.2 Å². The van der Waals surface area contributed by atoms with Crippen LogP contribution < -0.4 is 4.74 Å². The summed E-state index contributed by atoms with van der Waals surface area (Å²) in [6.45, 7) is 8.18. The number of ether oxygens (including phenoxy) is 2. The number of amidine groups is 1. The summed E-state index contributed by atoms with van der Waals surface area (Å²) >= 11 is 6.99. The molecular weight excluding hydrogens is 545 g/mol. The Balaban J connectivity index is 1.11. The number of esters is 1. The summed E-state index contributed by atoms with van der Waals surface area (Å²) in [5.74, 6) is 1.80. The molecule has 2 aromatic carbocycles. The monoisotopic (exact) mass is 583 g/mol. The number of likely N-dealkylation sites (tertiary alicyclic amines) is 2. The zero-order chi connectivity index (χ0) is 28.8. The predicted molar refractivity (Wildman–Crippen MR) is 157 cm³/mol. The normalized spacial score (nSPS) is 21.3. The Morgan fingerprint density at radius 3 is 2.49 bits per heavy atom. The second-order valence-electron chi connectivity index (χ2n) is 12.1. The van der Waals surface area contributed by atoms with Crippen molar-refractivity contribution < 1.29 is 23.5 Å². The maximum atomic E-state index is 13.6. The van der Waals surface area contributed by atoms with Gasteiger partial charge >= 0.3 is 5.97 Å². The molecule has 1 saturated carbocycles. The van der Waals surface area contributed by atoms with Crippen LogP contribution in [0.2, 0.25) is 5.02 Å². The molecule has 0 aromatic heterocycles. The van der Waals surface area contributed by atoms with Crippen molar-refractivity contribution in [2.45, 2.75) is 70.4 Å². The van der Waals surface area contributed by atoms with Crippen molar-refractivity contribution in [2.75, 3.05) is 39.9 Å². The number of oxime groups is 1. The van der Waals surface area contributed by atoms with Gasteiger partial charge in [0.2, 0.25) is 0 Å². The smallest absolute Gasteiger partial charge is 0.312 e. The Morgan fingerprint density at radius 1 is 1.17 bits per heavy atom. The van der Waals surface area contributed by atoms with E-state index < -0.39 is 0 Å². The van der Waals surface area contributed by atoms with E-state index in [0.29, 0.717) is 29.8 Å². The number of nitrogens with zero attached hydrogens (tertiary/aromatic N) is 3. The maximum Gasteiger partial charge on any atom is 0.312 e. The molecule has 2 saturated heterocycles. The molecule has 4 aliphatic rings. The number of benzene rings is 2. The van der Waals surface area contributed by atoms with Crippen LogP contribution in [0, 0.1) is 11.2 Å². The molecule has 3 heterocycles. The number of carbonyl (C=O) groups is 1. The van der Waals surface area contributed by atoms with Crippen molar-refractivity contribution in [1.29, 1.82) is 0 Å². The molecule has 0 unspecified atom stereocenters. The first-order chi connectivity index (χ1) is 19.8. The third kappa shape index (κ3) is 5.29. The Kier molecular flexibility index (Phi) is 7.66. The van der Waals surface area contributed by atoms with Gasteiger partial charge in [-0.2, -0.15) is 0 Å². The molecule has 2 aromatic rings. The van der Waals surface area contributed by atoms with E-state index in [1.165, 1.54) is 17.7 Å². The molecule has 1 spiro atoms. The largest absolute Gasteiger partial charge is 0.495 e. The SMILES string of the molecule is CCOC(=O)C1(CC)CCN(C2=NOC3(C2)CN(Cc2cc(C4CC4)c(-c4ccc(F)cc4)c(Cl)c2OC)C3)CC1. The lowest BCUT2D eigenvalue weighted by Gasteiger charge is -2.46. The molecule has 0 radical (unpaired) electrons. The molecule has 0 bridgehead atoms. The van der Waals surface area contributed by atoms with Crippen LogP contribution in [0.3, 0.4) is 0 Å². The zero-order valence-electron chi connectivity index (χ0n) is 24.2. The third-order valence-electron chi connectivity index (χ3n) is 9.40. The highest BCUT2D eigenvalue weighted by Crippen LogP contribution is 2.51. The highest BCUT2D eigenvalue weighted by molar-refractivity contribution is 6.35. The summed E-state index contributed by atoms with van der Waals surface area (Å²) in [7, 11) is 1.65. The first-order valence-electron chi connectivity index (χ1n) is 14.8. The van der Waals surface area contributed by atoms with Crippen LogP contribution in [-0.2, 0) is 20.9 Å². The van der Waals surface area contributed by atoms with Gasteiger partial charge in [0, 0.05) is 43.9 Å². The molecule has 41 heavy (non-hydrogen) atoms. The van der Waals surface area contributed by atoms with Gasteiger partial charge in [-0.25, -0.2) is 4.39 Å².